The molecule has 1 unspecified atom stereocenters. The molecular weight excluding hydrogens is 985 g/mol. The first-order valence-electron chi connectivity index (χ1n) is 28.1. The molecule has 78 heavy (non-hydrogen) atoms. The molecule has 0 saturated carbocycles. The van der Waals surface area contributed by atoms with Crippen LogP contribution in [0.4, 0.5) is 0 Å². The largest absolute Gasteiger partial charge is 0.341 e. The number of imidazole rings is 2. The summed E-state index contributed by atoms with van der Waals surface area (Å²) in [5.74, 6) is 0.203. The SMILES string of the molecule is CN[C@@H](C)C(=O)N[C@H]1CN(C(=O)CCCCCCC(=O)N2CC[C@H]3CC[C@@H](c4nc5cccc(-c6ccccc6)c5[nH]4)N3C(=O)[C@@H](NC(=O)[C@H](C)NC)C2)CC[C@H]2CCC(c3nc4cccc(-c5ccccc5)c4[nH]3)N2C1=O. The van der Waals surface area contributed by atoms with E-state index in [4.69, 9.17) is 9.97 Å². The number of aromatic amines is 2. The highest BCUT2D eigenvalue weighted by Gasteiger charge is 2.46. The maximum atomic E-state index is 14.8. The van der Waals surface area contributed by atoms with Gasteiger partial charge in [-0.2, -0.15) is 0 Å². The molecule has 8 atom stereocenters. The molecule has 6 N–H and O–H groups in total. The van der Waals surface area contributed by atoms with Crippen LogP contribution in [0.3, 0.4) is 0 Å². The lowest BCUT2D eigenvalue weighted by molar-refractivity contribution is -0.144. The zero-order valence-electron chi connectivity index (χ0n) is 45.3. The third-order valence-electron chi connectivity index (χ3n) is 16.8. The molecule has 2 aromatic heterocycles. The number of unbranched alkanes of at least 4 members (excludes halogenated alkanes) is 3. The first-order valence-corrected chi connectivity index (χ1v) is 28.1. The van der Waals surface area contributed by atoms with Crippen molar-refractivity contribution in [2.24, 2.45) is 0 Å². The Morgan fingerprint density at radius 3 is 1.35 bits per heavy atom. The Morgan fingerprint density at radius 2 is 0.949 bits per heavy atom. The lowest BCUT2D eigenvalue weighted by atomic mass is 10.0. The molecule has 0 radical (unpaired) electrons. The molecule has 0 spiro atoms. The Balaban J connectivity index is 0.751. The second-order valence-electron chi connectivity index (χ2n) is 21.7. The van der Waals surface area contributed by atoms with Crippen molar-refractivity contribution in [1.82, 2.24) is 60.8 Å². The van der Waals surface area contributed by atoms with E-state index in [-0.39, 0.29) is 85.5 Å². The smallest absolute Gasteiger partial charge is 0.247 e. The van der Waals surface area contributed by atoms with E-state index in [0.29, 0.717) is 63.3 Å². The number of para-hydroxylation sites is 2. The van der Waals surface area contributed by atoms with Crippen LogP contribution >= 0.6 is 0 Å². The molecule has 4 aliphatic heterocycles. The van der Waals surface area contributed by atoms with E-state index in [1.165, 1.54) is 0 Å². The number of H-pyrrole nitrogens is 2. The summed E-state index contributed by atoms with van der Waals surface area (Å²) >= 11 is 0. The minimum absolute atomic E-state index is 0.0605. The van der Waals surface area contributed by atoms with E-state index < -0.39 is 24.2 Å². The number of amides is 6. The maximum absolute atomic E-state index is 14.8. The third kappa shape index (κ3) is 11.4. The topological polar surface area (TPSA) is 221 Å². The fraction of sp³-hybridized carbons (Fsp3) is 0.467. The van der Waals surface area contributed by atoms with Crippen LogP contribution in [0.2, 0.25) is 0 Å². The molecule has 6 amide bonds. The number of nitrogens with one attached hydrogen (secondary N) is 6. The Labute approximate surface area is 455 Å². The van der Waals surface area contributed by atoms with E-state index in [0.717, 1.165) is 70.0 Å². The molecule has 10 rings (SSSR count). The second-order valence-corrected chi connectivity index (χ2v) is 21.7. The predicted molar refractivity (Wildman–Crippen MR) is 299 cm³/mol. The quantitative estimate of drug-likeness (QED) is 0.0543. The van der Waals surface area contributed by atoms with Gasteiger partial charge in [0.15, 0.2) is 0 Å². The summed E-state index contributed by atoms with van der Waals surface area (Å²) in [5.41, 5.74) is 7.65. The van der Waals surface area contributed by atoms with Crippen LogP contribution < -0.4 is 21.3 Å². The number of carbonyl (C=O) groups is 6. The van der Waals surface area contributed by atoms with Crippen LogP contribution in [0, 0.1) is 0 Å². The number of hydrogen-bond donors (Lipinski definition) is 6. The van der Waals surface area contributed by atoms with Crippen molar-refractivity contribution in [3.05, 3.63) is 109 Å². The molecule has 4 saturated heterocycles. The van der Waals surface area contributed by atoms with Gasteiger partial charge in [0, 0.05) is 62.2 Å². The minimum Gasteiger partial charge on any atom is -0.341 e. The lowest BCUT2D eigenvalue weighted by Gasteiger charge is -2.39. The van der Waals surface area contributed by atoms with E-state index >= 15 is 0 Å². The number of nitrogens with zero attached hydrogens (tertiary/aromatic N) is 6. The monoisotopic (exact) mass is 1060 g/mol. The van der Waals surface area contributed by atoms with Gasteiger partial charge in [-0.3, -0.25) is 28.8 Å². The first-order chi connectivity index (χ1) is 37.9. The van der Waals surface area contributed by atoms with Crippen molar-refractivity contribution in [3.63, 3.8) is 0 Å². The van der Waals surface area contributed by atoms with Gasteiger partial charge in [-0.1, -0.05) is 97.8 Å². The first kappa shape index (κ1) is 53.9. The van der Waals surface area contributed by atoms with Crippen LogP contribution in [-0.2, 0) is 28.8 Å². The van der Waals surface area contributed by atoms with Gasteiger partial charge in [-0.25, -0.2) is 9.97 Å². The van der Waals surface area contributed by atoms with Crippen molar-refractivity contribution < 1.29 is 28.8 Å². The molecule has 410 valence electrons. The number of aromatic nitrogens is 4. The normalized spacial score (nSPS) is 22.6. The summed E-state index contributed by atoms with van der Waals surface area (Å²) in [5, 5.41) is 11.9. The standard InChI is InChI=1S/C60H74N12O6/c1-37(61-3)57(75)65-47-35-69(33-31-41-27-29-49(71(41)59(47)77)55-63-45-23-15-21-43(53(45)67-55)39-17-9-7-10-18-39)51(73)25-13-5-6-14-26-52(74)70-34-32-42-28-30-50(72(42)60(78)48(36-70)66-58(76)38(2)62-4)56-64-46-24-16-22-44(54(46)68-56)40-19-11-8-12-20-40/h7-12,15-24,37-38,41-42,47-50,61-62H,5-6,13-14,25-36H2,1-4H3,(H,63,67)(H,64,68)(H,65,75)(H,66,76)/t37-,38-,41+,42+,47-,48-,49-,50?/m0/s1. The molecule has 0 aliphatic carbocycles. The Hall–Kier alpha value is -7.44. The summed E-state index contributed by atoms with van der Waals surface area (Å²) in [7, 11) is 3.39. The molecule has 6 heterocycles. The van der Waals surface area contributed by atoms with Gasteiger partial charge >= 0.3 is 0 Å². The van der Waals surface area contributed by atoms with Crippen molar-refractivity contribution in [1.29, 1.82) is 0 Å². The third-order valence-corrected chi connectivity index (χ3v) is 16.8. The zero-order chi connectivity index (χ0) is 54.5. The highest BCUT2D eigenvalue weighted by molar-refractivity contribution is 5.95. The van der Waals surface area contributed by atoms with E-state index in [2.05, 4.69) is 67.6 Å². The molecule has 0 bridgehead atoms. The highest BCUT2D eigenvalue weighted by Crippen LogP contribution is 2.41. The van der Waals surface area contributed by atoms with Gasteiger partial charge in [-0.05, 0) is 103 Å². The fourth-order valence-electron chi connectivity index (χ4n) is 12.2. The summed E-state index contributed by atoms with van der Waals surface area (Å²) < 4.78 is 0. The summed E-state index contributed by atoms with van der Waals surface area (Å²) in [6.45, 7) is 4.49. The van der Waals surface area contributed by atoms with Crippen molar-refractivity contribution in [2.75, 3.05) is 40.3 Å². The van der Waals surface area contributed by atoms with Crippen molar-refractivity contribution in [2.45, 2.75) is 139 Å². The van der Waals surface area contributed by atoms with E-state index in [9.17, 15) is 28.8 Å². The fourth-order valence-corrected chi connectivity index (χ4v) is 12.2. The van der Waals surface area contributed by atoms with Crippen molar-refractivity contribution in [3.8, 4) is 22.3 Å². The number of rotatable bonds is 17. The predicted octanol–water partition coefficient (Wildman–Crippen LogP) is 6.53. The Bertz CT molecular complexity index is 2920. The van der Waals surface area contributed by atoms with Gasteiger partial charge in [0.1, 0.15) is 23.7 Å². The highest BCUT2D eigenvalue weighted by atomic mass is 16.2. The average molecular weight is 1060 g/mol. The Morgan fingerprint density at radius 1 is 0.538 bits per heavy atom. The van der Waals surface area contributed by atoms with Crippen LogP contribution in [0.1, 0.15) is 115 Å². The number of benzene rings is 4. The summed E-state index contributed by atoms with van der Waals surface area (Å²) in [6, 6.07) is 28.4. The molecule has 4 fully saturated rings. The maximum Gasteiger partial charge on any atom is 0.247 e. The summed E-state index contributed by atoms with van der Waals surface area (Å²) in [6.07, 6.45) is 7.30. The van der Waals surface area contributed by atoms with Crippen LogP contribution in [0.5, 0.6) is 0 Å². The molecule has 18 nitrogen and oxygen atoms in total. The van der Waals surface area contributed by atoms with Gasteiger partial charge in [0.2, 0.25) is 35.4 Å². The van der Waals surface area contributed by atoms with Gasteiger partial charge in [-0.15, -0.1) is 0 Å². The van der Waals surface area contributed by atoms with Gasteiger partial charge < -0.3 is 50.8 Å². The molecule has 4 aromatic carbocycles. The second kappa shape index (κ2) is 24.1. The van der Waals surface area contributed by atoms with E-state index in [1.807, 2.05) is 70.5 Å². The Kier molecular flexibility index (Phi) is 16.6. The number of carbonyl (C=O) groups excluding carboxylic acids is 6. The zero-order valence-corrected chi connectivity index (χ0v) is 45.3. The van der Waals surface area contributed by atoms with Crippen LogP contribution in [0.25, 0.3) is 44.3 Å². The summed E-state index contributed by atoms with van der Waals surface area (Å²) in [4.78, 5) is 109. The van der Waals surface area contributed by atoms with Crippen molar-refractivity contribution >= 4 is 57.5 Å². The molecular formula is C60H74N12O6. The minimum atomic E-state index is -0.947. The van der Waals surface area contributed by atoms with Crippen LogP contribution in [-0.4, -0.2) is 152 Å². The lowest BCUT2D eigenvalue weighted by Crippen LogP contribution is -2.60. The molecule has 4 aliphatic rings. The van der Waals surface area contributed by atoms with Gasteiger partial charge in [0.05, 0.1) is 46.2 Å². The molecule has 6 aromatic rings. The number of likely N-dealkylation sites (N-methyl/N-ethyl adjacent to an activating group) is 2. The molecule has 18 heteroatoms. The van der Waals surface area contributed by atoms with Crippen LogP contribution in [0.15, 0.2) is 97.1 Å². The number of fused-ring (bicyclic) bond motifs is 4. The average Bonchev–Trinajstić information content (AvgIpc) is 4.31. The van der Waals surface area contributed by atoms with Gasteiger partial charge in [0.25, 0.3) is 0 Å². The van der Waals surface area contributed by atoms with E-state index in [1.54, 1.807) is 37.7 Å². The number of hydrogen-bond acceptors (Lipinski definition) is 10.